The highest BCUT2D eigenvalue weighted by Crippen LogP contribution is 2.67. The van der Waals surface area contributed by atoms with Gasteiger partial charge in [0, 0.05) is 108 Å². The first-order chi connectivity index (χ1) is 50.4. The summed E-state index contributed by atoms with van der Waals surface area (Å²) < 4.78 is 17.7. The fourth-order valence-corrected chi connectivity index (χ4v) is 17.1. The van der Waals surface area contributed by atoms with Crippen molar-refractivity contribution in [2.45, 2.75) is 176 Å². The van der Waals surface area contributed by atoms with Crippen LogP contribution in [0.5, 0.6) is 5.75 Å². The van der Waals surface area contributed by atoms with E-state index < -0.39 is 174 Å². The molecule has 36 heteroatoms. The number of aliphatic hydroxyl groups is 3. The molecule has 4 heterocycles. The van der Waals surface area contributed by atoms with E-state index in [4.69, 9.17) is 19.3 Å². The number of nitrogens with one attached hydrogen (secondary N) is 10. The predicted molar refractivity (Wildman–Crippen MR) is 388 cm³/mol. The Morgan fingerprint density at radius 3 is 2.09 bits per heavy atom. The lowest BCUT2D eigenvalue weighted by atomic mass is 9.47. The maximum Gasteiger partial charge on any atom is 0.426 e. The minimum atomic E-state index is -2.65. The van der Waals surface area contributed by atoms with E-state index in [2.05, 4.69) is 58.0 Å². The van der Waals surface area contributed by atoms with Gasteiger partial charge in [-0.2, -0.15) is 0 Å². The number of hydrogen-bond acceptors (Lipinski definition) is 23. The van der Waals surface area contributed by atoms with Crippen molar-refractivity contribution < 1.29 is 107 Å². The molecule has 2 fully saturated rings. The van der Waals surface area contributed by atoms with Crippen molar-refractivity contribution >= 4 is 110 Å². The normalized spacial score (nSPS) is 21.7. The Morgan fingerprint density at radius 1 is 0.774 bits per heavy atom. The van der Waals surface area contributed by atoms with Crippen LogP contribution < -0.4 is 57.7 Å². The number of hydrazine groups is 1. The van der Waals surface area contributed by atoms with Gasteiger partial charge in [-0.3, -0.25) is 48.7 Å². The summed E-state index contributed by atoms with van der Waals surface area (Å²) in [5.41, 5.74) is 0.993. The molecule has 34 nitrogen and oxygen atoms in total. The van der Waals surface area contributed by atoms with Gasteiger partial charge in [0.1, 0.15) is 42.0 Å². The van der Waals surface area contributed by atoms with Gasteiger partial charge >= 0.3 is 42.0 Å². The molecule has 106 heavy (non-hydrogen) atoms. The van der Waals surface area contributed by atoms with Crippen LogP contribution in [0, 0.1) is 5.41 Å². The largest absolute Gasteiger partial charge is 0.496 e. The number of aliphatic carboxylic acids is 4. The monoisotopic (exact) mass is 1520 g/mol. The Kier molecular flexibility index (Phi) is 29.9. The van der Waals surface area contributed by atoms with Crippen LogP contribution in [0.2, 0.25) is 0 Å². The molecule has 4 aliphatic rings. The maximum atomic E-state index is 15.5. The molecule has 584 valence electrons. The number of nitrogens with zero attached hydrogens (tertiary/aromatic N) is 2. The van der Waals surface area contributed by atoms with Gasteiger partial charge in [-0.1, -0.05) is 72.7 Å². The molecule has 0 radical (unpaired) electrons. The Bertz CT molecular complexity index is 3750. The number of amides is 8. The Balaban J connectivity index is 0.941. The number of H-pyrrole nitrogens is 1. The van der Waals surface area contributed by atoms with E-state index in [1.165, 1.54) is 35.8 Å². The molecule has 3 aliphatic heterocycles. The molecule has 1 saturated heterocycles. The number of anilines is 1. The summed E-state index contributed by atoms with van der Waals surface area (Å²) in [6, 6.07) is 3.97. The van der Waals surface area contributed by atoms with Gasteiger partial charge in [-0.15, -0.1) is 0 Å². The molecule has 17 N–H and O–H groups in total. The molecule has 2 unspecified atom stereocenters. The van der Waals surface area contributed by atoms with E-state index in [0.717, 1.165) is 16.5 Å². The third kappa shape index (κ3) is 19.1. The maximum absolute atomic E-state index is 15.5. The number of carbonyl (C=O) groups is 12. The Morgan fingerprint density at radius 2 is 1.45 bits per heavy atom. The zero-order chi connectivity index (χ0) is 77.9. The van der Waals surface area contributed by atoms with E-state index in [1.807, 2.05) is 69.3 Å². The smallest absolute Gasteiger partial charge is 0.426 e. The second-order valence-corrected chi connectivity index (χ2v) is 29.8. The summed E-state index contributed by atoms with van der Waals surface area (Å²) >= 11 is 0. The van der Waals surface area contributed by atoms with Gasteiger partial charge in [-0.05, 0) is 114 Å². The fraction of sp³-hybridized carbons (Fsp3) is 0.600. The topological polar surface area (TPSA) is 505 Å². The first-order valence-electron chi connectivity index (χ1n) is 35.3. The third-order valence-corrected chi connectivity index (χ3v) is 22.9. The summed E-state index contributed by atoms with van der Waals surface area (Å²) in [5.74, 6) is -10.3. The number of esters is 1. The highest BCUT2D eigenvalue weighted by Gasteiger charge is 2.79. The lowest BCUT2D eigenvalue weighted by Gasteiger charge is -2.63. The number of benzene rings is 2. The average Bonchev–Trinajstić information content (AvgIpc) is 1.46. The number of rotatable bonds is 42. The number of fused-ring (bicyclic) bond motifs is 2. The molecular weight excluding hydrogens is 1420 g/mol. The van der Waals surface area contributed by atoms with Crippen molar-refractivity contribution in [3.05, 3.63) is 70.9 Å². The van der Waals surface area contributed by atoms with Gasteiger partial charge in [0.05, 0.1) is 38.8 Å². The summed E-state index contributed by atoms with van der Waals surface area (Å²) in [7, 11) is 7.13. The van der Waals surface area contributed by atoms with Crippen molar-refractivity contribution in [3.63, 3.8) is 0 Å². The van der Waals surface area contributed by atoms with Crippen LogP contribution >= 0.6 is 21.6 Å². The number of carbonyl (C=O) groups excluding carboxylic acids is 8. The van der Waals surface area contributed by atoms with Crippen LogP contribution in [-0.2, 0) is 74.7 Å². The molecule has 7 rings (SSSR count). The number of urea groups is 1. The number of carboxylic acid groups (broad SMARTS) is 4. The zero-order valence-electron chi connectivity index (χ0n) is 60.5. The van der Waals surface area contributed by atoms with Crippen LogP contribution in [0.15, 0.2) is 48.6 Å². The standard InChI is InChI=1S/C70H100N12O22S2/c1-8-66(4,100)24-14-26-68(63(97)103-7,55-41(23-29-71-10-3)40-16-11-12-17-44(40)77-55)43-36-42-48(38-49(43)102-6)81(5)60-69(42)27-32-82-31-15-25-67(9-2,59(69)82)61(95)70(60,101)62(96)79-80-65(99)104-33-35-106-105-34-30-72-52(85)39-74-56(90)47(37-54(88)89)76-51(84)21-19-45(57(91)92)75-50(83)22-20-46(58(93)94)78-64(98)73-28-13-18-53(86)87/h11-12,15-17,25,36,38,45-47,59-61,71,77,95,100-101H,8-10,13-14,18-24,26-35,37,39H2,1-7H3,(H,72,85)(H,74,90)(H,75,83)(H,76,84)(H,79,96)(H,80,99)(H,86,87)(H,88,89)(H,91,92)(H,93,94)(H2,73,78,98)/t45-,46-,47-,59?,60+,61+,66-,67+,68?,69+,70-/m0/s1. The van der Waals surface area contributed by atoms with Gasteiger partial charge in [0.25, 0.3) is 5.91 Å². The van der Waals surface area contributed by atoms with Crippen molar-refractivity contribution in [1.29, 1.82) is 0 Å². The van der Waals surface area contributed by atoms with Gasteiger partial charge in [0.15, 0.2) is 5.60 Å². The van der Waals surface area contributed by atoms with Crippen molar-refractivity contribution in [1.82, 2.24) is 58.0 Å². The number of hydrogen-bond donors (Lipinski definition) is 17. The van der Waals surface area contributed by atoms with Crippen LogP contribution in [0.1, 0.15) is 134 Å². The zero-order valence-corrected chi connectivity index (χ0v) is 62.2. The quantitative estimate of drug-likeness (QED) is 0.0125. The lowest BCUT2D eigenvalue weighted by molar-refractivity contribution is -0.204. The number of ether oxygens (including phenoxy) is 3. The summed E-state index contributed by atoms with van der Waals surface area (Å²) in [4.78, 5) is 161. The van der Waals surface area contributed by atoms with Crippen LogP contribution in [-0.4, -0.2) is 250 Å². The predicted octanol–water partition coefficient (Wildman–Crippen LogP) is 1.40. The molecule has 11 atom stereocenters. The number of carboxylic acids is 4. The number of methoxy groups -OCH3 is 2. The average molecular weight is 1530 g/mol. The highest BCUT2D eigenvalue weighted by atomic mass is 33.1. The van der Waals surface area contributed by atoms with E-state index in [-0.39, 0.29) is 51.1 Å². The number of aromatic nitrogens is 1. The fourth-order valence-electron chi connectivity index (χ4n) is 15.4. The van der Waals surface area contributed by atoms with Crippen molar-refractivity contribution in [2.24, 2.45) is 5.41 Å². The second kappa shape index (κ2) is 37.5. The van der Waals surface area contributed by atoms with E-state index >= 15 is 9.59 Å². The number of aliphatic hydroxyl groups excluding tert-OH is 1. The van der Waals surface area contributed by atoms with Crippen LogP contribution in [0.3, 0.4) is 0 Å². The number of aromatic amines is 1. The highest BCUT2D eigenvalue weighted by molar-refractivity contribution is 8.76. The first-order valence-corrected chi connectivity index (χ1v) is 37.8. The molecular formula is C70H100N12O22S2. The molecule has 1 saturated carbocycles. The van der Waals surface area contributed by atoms with Crippen LogP contribution in [0.25, 0.3) is 10.9 Å². The number of para-hydroxylation sites is 1. The Hall–Kier alpha value is -8.94. The lowest BCUT2D eigenvalue weighted by Crippen LogP contribution is -2.82. The van der Waals surface area contributed by atoms with Gasteiger partial charge < -0.3 is 97.1 Å². The number of likely N-dealkylation sites (N-methyl/N-ethyl adjacent to an activating group) is 2. The molecule has 1 aliphatic carbocycles. The Labute approximate surface area is 620 Å². The van der Waals surface area contributed by atoms with Crippen LogP contribution in [0.4, 0.5) is 15.3 Å². The summed E-state index contributed by atoms with van der Waals surface area (Å²) in [6.07, 6.45) is 0.130. The van der Waals surface area contributed by atoms with E-state index in [1.54, 1.807) is 18.9 Å². The second-order valence-electron chi connectivity index (χ2n) is 27.1. The summed E-state index contributed by atoms with van der Waals surface area (Å²) in [6.45, 7) is 9.07. The molecule has 1 aromatic heterocycles. The van der Waals surface area contributed by atoms with Gasteiger partial charge in [0.2, 0.25) is 23.6 Å². The van der Waals surface area contributed by atoms with Gasteiger partial charge in [-0.25, -0.2) is 24.6 Å². The third-order valence-electron chi connectivity index (χ3n) is 20.5. The molecule has 3 aromatic rings. The van der Waals surface area contributed by atoms with E-state index in [0.29, 0.717) is 92.3 Å². The van der Waals surface area contributed by atoms with E-state index in [9.17, 15) is 78.6 Å². The molecule has 2 aromatic carbocycles. The van der Waals surface area contributed by atoms with Crippen molar-refractivity contribution in [3.8, 4) is 5.75 Å². The SMILES string of the molecule is CCNCCc1c(C(CCC[C@@](C)(O)CC)(C(=O)OC)c2cc3c(cc2OC)N(C)[C@H]2[C@@](O)(C(=O)NNC(=O)OCCSSCCNC(=O)CNC(=O)[C@H](CC(=O)O)NC(=O)CC[C@H](NC(=O)CC[C@H](NC(=O)NCCCC(=O)O)C(=O)O)C(=O)O)[C@H](O)[C@]4(CC)C=CCN5CC[C@]32C54)[nH]c2ccccc12. The molecule has 8 amide bonds. The minimum Gasteiger partial charge on any atom is -0.496 e. The van der Waals surface area contributed by atoms with Crippen molar-refractivity contribution in [2.75, 3.05) is 90.1 Å². The molecule has 0 bridgehead atoms. The minimum absolute atomic E-state index is 0.0617. The summed E-state index contributed by atoms with van der Waals surface area (Å²) in [5, 5.41) is 93.2. The first kappa shape index (κ1) is 84.3. The molecule has 1 spiro atoms.